The van der Waals surface area contributed by atoms with Crippen LogP contribution in [0.15, 0.2) is 48.5 Å². The summed E-state index contributed by atoms with van der Waals surface area (Å²) in [6, 6.07) is 15.5. The molecule has 0 saturated heterocycles. The van der Waals surface area contributed by atoms with Crippen LogP contribution < -0.4 is 5.32 Å². The van der Waals surface area contributed by atoms with Crippen molar-refractivity contribution < 1.29 is 4.79 Å². The van der Waals surface area contributed by atoms with Crippen LogP contribution in [0.25, 0.3) is 0 Å². The Labute approximate surface area is 145 Å². The highest BCUT2D eigenvalue weighted by atomic mass is 35.5. The molecule has 0 bridgehead atoms. The van der Waals surface area contributed by atoms with E-state index in [9.17, 15) is 4.79 Å². The molecular formula is C17H17Cl2NOS. The largest absolute Gasteiger partial charge is 0.349 e. The third kappa shape index (κ3) is 5.24. The molecule has 116 valence electrons. The van der Waals surface area contributed by atoms with Crippen molar-refractivity contribution in [2.75, 3.05) is 5.75 Å². The Morgan fingerprint density at radius 2 is 1.86 bits per heavy atom. The smallest absolute Gasteiger partial charge is 0.230 e. The van der Waals surface area contributed by atoms with E-state index in [0.29, 0.717) is 15.8 Å². The highest BCUT2D eigenvalue weighted by molar-refractivity contribution is 7.99. The summed E-state index contributed by atoms with van der Waals surface area (Å²) in [5, 5.41) is 4.09. The molecule has 0 saturated carbocycles. The topological polar surface area (TPSA) is 29.1 Å². The van der Waals surface area contributed by atoms with Gasteiger partial charge < -0.3 is 5.32 Å². The molecule has 1 N–H and O–H groups in total. The fourth-order valence-electron chi connectivity index (χ4n) is 2.00. The summed E-state index contributed by atoms with van der Waals surface area (Å²) in [5.41, 5.74) is 2.16. The molecule has 0 aromatic heterocycles. The van der Waals surface area contributed by atoms with Crippen LogP contribution in [0.1, 0.15) is 24.1 Å². The van der Waals surface area contributed by atoms with Crippen molar-refractivity contribution in [1.29, 1.82) is 0 Å². The predicted molar refractivity (Wildman–Crippen MR) is 95.6 cm³/mol. The summed E-state index contributed by atoms with van der Waals surface area (Å²) in [5.74, 6) is 1.17. The van der Waals surface area contributed by atoms with Crippen molar-refractivity contribution in [3.63, 3.8) is 0 Å². The van der Waals surface area contributed by atoms with Gasteiger partial charge >= 0.3 is 0 Å². The van der Waals surface area contributed by atoms with E-state index in [1.807, 2.05) is 49.4 Å². The highest BCUT2D eigenvalue weighted by Gasteiger charge is 2.09. The number of carbonyl (C=O) groups excluding carboxylic acids is 1. The molecule has 0 aliphatic heterocycles. The first kappa shape index (κ1) is 17.2. The average molecular weight is 354 g/mol. The average Bonchev–Trinajstić information content (AvgIpc) is 2.51. The van der Waals surface area contributed by atoms with Gasteiger partial charge in [0.25, 0.3) is 0 Å². The number of amides is 1. The second-order valence-corrected chi connectivity index (χ2v) is 6.74. The zero-order valence-corrected chi connectivity index (χ0v) is 14.5. The van der Waals surface area contributed by atoms with Crippen LogP contribution in [0.5, 0.6) is 0 Å². The normalized spacial score (nSPS) is 12.0. The molecule has 1 atom stereocenters. The Kier molecular flexibility index (Phi) is 6.62. The Morgan fingerprint density at radius 3 is 2.55 bits per heavy atom. The van der Waals surface area contributed by atoms with Crippen LogP contribution in [0.4, 0.5) is 0 Å². The number of hydrogen-bond donors (Lipinski definition) is 1. The van der Waals surface area contributed by atoms with Gasteiger partial charge in [0.15, 0.2) is 0 Å². The third-order valence-corrected chi connectivity index (χ3v) is 4.91. The molecule has 0 fully saturated rings. The maximum absolute atomic E-state index is 12.0. The molecule has 0 radical (unpaired) electrons. The summed E-state index contributed by atoms with van der Waals surface area (Å²) >= 11 is 13.4. The summed E-state index contributed by atoms with van der Waals surface area (Å²) in [4.78, 5) is 12.0. The standard InChI is InChI=1S/C17H17Cl2NOS/c1-12(14-5-3-2-4-6-14)20-17(21)11-22-10-13-7-8-15(18)16(19)9-13/h2-9,12H,10-11H2,1H3,(H,20,21). The Bertz CT molecular complexity index is 634. The minimum absolute atomic E-state index is 0.0132. The third-order valence-electron chi connectivity index (χ3n) is 3.16. The molecule has 2 aromatic carbocycles. The van der Waals surface area contributed by atoms with Gasteiger partial charge in [0.2, 0.25) is 5.91 Å². The van der Waals surface area contributed by atoms with Crippen LogP contribution >= 0.6 is 35.0 Å². The highest BCUT2D eigenvalue weighted by Crippen LogP contribution is 2.24. The molecule has 0 aliphatic carbocycles. The first-order chi connectivity index (χ1) is 10.6. The van der Waals surface area contributed by atoms with E-state index in [-0.39, 0.29) is 11.9 Å². The first-order valence-electron chi connectivity index (χ1n) is 6.92. The van der Waals surface area contributed by atoms with Crippen molar-refractivity contribution >= 4 is 40.9 Å². The summed E-state index contributed by atoms with van der Waals surface area (Å²) in [6.45, 7) is 1.98. The van der Waals surface area contributed by atoms with Gasteiger partial charge in [0, 0.05) is 5.75 Å². The Morgan fingerprint density at radius 1 is 1.14 bits per heavy atom. The van der Waals surface area contributed by atoms with Gasteiger partial charge in [-0.25, -0.2) is 0 Å². The monoisotopic (exact) mass is 353 g/mol. The lowest BCUT2D eigenvalue weighted by atomic mass is 10.1. The van der Waals surface area contributed by atoms with Crippen molar-refractivity contribution in [3.8, 4) is 0 Å². The van der Waals surface area contributed by atoms with Gasteiger partial charge in [-0.15, -0.1) is 11.8 Å². The molecule has 0 aliphatic rings. The number of benzene rings is 2. The van der Waals surface area contributed by atoms with E-state index in [1.165, 1.54) is 0 Å². The van der Waals surface area contributed by atoms with Crippen molar-refractivity contribution in [2.24, 2.45) is 0 Å². The van der Waals surface area contributed by atoms with Gasteiger partial charge in [0.1, 0.15) is 0 Å². The van der Waals surface area contributed by atoms with Crippen LogP contribution in [0, 0.1) is 0 Å². The van der Waals surface area contributed by atoms with Crippen LogP contribution in [-0.2, 0) is 10.5 Å². The quantitative estimate of drug-likeness (QED) is 0.782. The molecule has 5 heteroatoms. The zero-order chi connectivity index (χ0) is 15.9. The van der Waals surface area contributed by atoms with E-state index in [1.54, 1.807) is 17.8 Å². The van der Waals surface area contributed by atoms with E-state index < -0.39 is 0 Å². The lowest BCUT2D eigenvalue weighted by Gasteiger charge is -2.14. The molecule has 1 amide bonds. The van der Waals surface area contributed by atoms with Gasteiger partial charge in [-0.3, -0.25) is 4.79 Å². The lowest BCUT2D eigenvalue weighted by molar-refractivity contribution is -0.119. The van der Waals surface area contributed by atoms with E-state index in [4.69, 9.17) is 23.2 Å². The number of nitrogens with one attached hydrogen (secondary N) is 1. The van der Waals surface area contributed by atoms with Crippen molar-refractivity contribution in [2.45, 2.75) is 18.7 Å². The molecule has 2 nitrogen and oxygen atoms in total. The number of thioether (sulfide) groups is 1. The molecule has 0 heterocycles. The van der Waals surface area contributed by atoms with Crippen LogP contribution in [-0.4, -0.2) is 11.7 Å². The summed E-state index contributed by atoms with van der Waals surface area (Å²) in [6.07, 6.45) is 0. The summed E-state index contributed by atoms with van der Waals surface area (Å²) < 4.78 is 0. The SMILES string of the molecule is CC(NC(=O)CSCc1ccc(Cl)c(Cl)c1)c1ccccc1. The predicted octanol–water partition coefficient (Wildman–Crippen LogP) is 5.10. The Hall–Kier alpha value is -1.16. The molecule has 2 aromatic rings. The van der Waals surface area contributed by atoms with Crippen molar-refractivity contribution in [3.05, 3.63) is 69.7 Å². The number of carbonyl (C=O) groups is 1. The second kappa shape index (κ2) is 8.47. The summed E-state index contributed by atoms with van der Waals surface area (Å²) in [7, 11) is 0. The minimum Gasteiger partial charge on any atom is -0.349 e. The van der Waals surface area contributed by atoms with Crippen LogP contribution in [0.3, 0.4) is 0 Å². The van der Waals surface area contributed by atoms with Gasteiger partial charge in [-0.1, -0.05) is 59.6 Å². The van der Waals surface area contributed by atoms with Gasteiger partial charge in [-0.2, -0.15) is 0 Å². The molecule has 2 rings (SSSR count). The second-order valence-electron chi connectivity index (χ2n) is 4.94. The Balaban J connectivity index is 1.77. The fourth-order valence-corrected chi connectivity index (χ4v) is 3.11. The van der Waals surface area contributed by atoms with Gasteiger partial charge in [-0.05, 0) is 30.2 Å². The molecule has 0 spiro atoms. The number of hydrogen-bond acceptors (Lipinski definition) is 2. The lowest BCUT2D eigenvalue weighted by Crippen LogP contribution is -2.28. The van der Waals surface area contributed by atoms with E-state index in [0.717, 1.165) is 16.9 Å². The molecular weight excluding hydrogens is 337 g/mol. The van der Waals surface area contributed by atoms with E-state index in [2.05, 4.69) is 5.32 Å². The first-order valence-corrected chi connectivity index (χ1v) is 8.83. The molecule has 22 heavy (non-hydrogen) atoms. The number of rotatable bonds is 6. The van der Waals surface area contributed by atoms with E-state index >= 15 is 0 Å². The number of halogens is 2. The molecule has 1 unspecified atom stereocenters. The van der Waals surface area contributed by atoms with Crippen molar-refractivity contribution in [1.82, 2.24) is 5.32 Å². The zero-order valence-electron chi connectivity index (χ0n) is 12.2. The maximum atomic E-state index is 12.0. The maximum Gasteiger partial charge on any atom is 0.230 e. The van der Waals surface area contributed by atoms with Gasteiger partial charge in [0.05, 0.1) is 21.8 Å². The van der Waals surface area contributed by atoms with Crippen LogP contribution in [0.2, 0.25) is 10.0 Å². The fraction of sp³-hybridized carbons (Fsp3) is 0.235. The minimum atomic E-state index is 0.0132.